The van der Waals surface area contributed by atoms with Gasteiger partial charge in [0.15, 0.2) is 0 Å². The number of nitrogens with zero attached hydrogens (tertiary/aromatic N) is 1. The lowest BCUT2D eigenvalue weighted by molar-refractivity contribution is -0.141. The van der Waals surface area contributed by atoms with Gasteiger partial charge in [0, 0.05) is 37.7 Å². The van der Waals surface area contributed by atoms with Crippen LogP contribution in [0.4, 0.5) is 4.79 Å². The van der Waals surface area contributed by atoms with E-state index in [-0.39, 0.29) is 12.6 Å². The molecule has 0 spiro atoms. The highest BCUT2D eigenvalue weighted by Crippen LogP contribution is 2.07. The van der Waals surface area contributed by atoms with Gasteiger partial charge in [-0.25, -0.2) is 4.79 Å². The third-order valence-electron chi connectivity index (χ3n) is 2.52. The van der Waals surface area contributed by atoms with Gasteiger partial charge in [-0.15, -0.1) is 0 Å². The van der Waals surface area contributed by atoms with Crippen LogP contribution in [-0.4, -0.2) is 67.7 Å². The Kier molecular flexibility index (Phi) is 7.59. The van der Waals surface area contributed by atoms with Crippen molar-refractivity contribution in [3.05, 3.63) is 0 Å². The zero-order chi connectivity index (χ0) is 13.2. The number of hydrogen-bond acceptors (Lipinski definition) is 5. The van der Waals surface area contributed by atoms with Crippen LogP contribution in [0, 0.1) is 0 Å². The summed E-state index contributed by atoms with van der Waals surface area (Å²) in [4.78, 5) is 24.7. The molecule has 6 nitrogen and oxygen atoms in total. The molecule has 1 rings (SSSR count). The number of carbonyl (C=O) groups excluding carboxylic acids is 2. The lowest BCUT2D eigenvalue weighted by atomic mass is 10.4. The number of nitrogens with one attached hydrogen (secondary N) is 2. The molecular formula is C11H21N3O3S. The molecule has 0 aromatic heterocycles. The van der Waals surface area contributed by atoms with Gasteiger partial charge in [0.1, 0.15) is 6.54 Å². The molecule has 0 radical (unpaired) electrons. The third-order valence-corrected chi connectivity index (χ3v) is 3.46. The zero-order valence-corrected chi connectivity index (χ0v) is 11.6. The van der Waals surface area contributed by atoms with E-state index < -0.39 is 5.97 Å². The van der Waals surface area contributed by atoms with E-state index in [1.165, 1.54) is 0 Å². The molecule has 2 amide bonds. The van der Waals surface area contributed by atoms with Gasteiger partial charge >= 0.3 is 12.0 Å². The fourth-order valence-electron chi connectivity index (χ4n) is 1.58. The number of thioether (sulfide) groups is 1. The number of esters is 1. The maximum atomic E-state index is 11.3. The summed E-state index contributed by atoms with van der Waals surface area (Å²) in [5.74, 6) is 1.91. The van der Waals surface area contributed by atoms with E-state index in [9.17, 15) is 9.59 Å². The summed E-state index contributed by atoms with van der Waals surface area (Å²) < 4.78 is 4.70. The molecule has 1 heterocycles. The molecule has 1 aliphatic rings. The van der Waals surface area contributed by atoms with E-state index in [1.807, 2.05) is 11.8 Å². The lowest BCUT2D eigenvalue weighted by Gasteiger charge is -2.25. The lowest BCUT2D eigenvalue weighted by Crippen LogP contribution is -2.43. The fourth-order valence-corrected chi connectivity index (χ4v) is 2.56. The van der Waals surface area contributed by atoms with E-state index >= 15 is 0 Å². The van der Waals surface area contributed by atoms with Crippen molar-refractivity contribution in [1.29, 1.82) is 0 Å². The van der Waals surface area contributed by atoms with Crippen molar-refractivity contribution >= 4 is 23.8 Å². The van der Waals surface area contributed by atoms with Crippen LogP contribution in [0.15, 0.2) is 0 Å². The largest absolute Gasteiger partial charge is 0.465 e. The molecule has 7 heteroatoms. The Bertz CT molecular complexity index is 270. The predicted octanol–water partition coefficient (Wildman–Crippen LogP) is -0.102. The molecule has 0 saturated carbocycles. The Hall–Kier alpha value is -0.950. The number of rotatable bonds is 6. The second-order valence-electron chi connectivity index (χ2n) is 3.87. The maximum Gasteiger partial charge on any atom is 0.325 e. The average Bonchev–Trinajstić information content (AvgIpc) is 2.38. The Morgan fingerprint density at radius 1 is 1.28 bits per heavy atom. The van der Waals surface area contributed by atoms with E-state index in [2.05, 4.69) is 15.5 Å². The molecule has 18 heavy (non-hydrogen) atoms. The smallest absolute Gasteiger partial charge is 0.325 e. The van der Waals surface area contributed by atoms with Crippen LogP contribution >= 0.6 is 11.8 Å². The maximum absolute atomic E-state index is 11.3. The minimum Gasteiger partial charge on any atom is -0.465 e. The first-order valence-corrected chi connectivity index (χ1v) is 7.35. The van der Waals surface area contributed by atoms with Crippen molar-refractivity contribution in [2.75, 3.05) is 50.8 Å². The SMILES string of the molecule is CCOC(=O)CNC(=O)NCCN1CCSCC1. The molecule has 104 valence electrons. The molecule has 0 aromatic carbocycles. The van der Waals surface area contributed by atoms with Crippen LogP contribution in [0.3, 0.4) is 0 Å². The molecule has 1 fully saturated rings. The predicted molar refractivity (Wildman–Crippen MR) is 71.8 cm³/mol. The average molecular weight is 275 g/mol. The van der Waals surface area contributed by atoms with Gasteiger partial charge in [-0.2, -0.15) is 11.8 Å². The molecule has 0 aromatic rings. The van der Waals surface area contributed by atoms with Crippen molar-refractivity contribution < 1.29 is 14.3 Å². The van der Waals surface area contributed by atoms with E-state index in [4.69, 9.17) is 4.74 Å². The van der Waals surface area contributed by atoms with E-state index in [1.54, 1.807) is 6.92 Å². The minimum absolute atomic E-state index is 0.0833. The summed E-state index contributed by atoms with van der Waals surface area (Å²) in [7, 11) is 0. The summed E-state index contributed by atoms with van der Waals surface area (Å²) in [6, 6.07) is -0.325. The first kappa shape index (κ1) is 15.1. The second-order valence-corrected chi connectivity index (χ2v) is 5.09. The van der Waals surface area contributed by atoms with Gasteiger partial charge in [-0.05, 0) is 6.92 Å². The van der Waals surface area contributed by atoms with Crippen molar-refractivity contribution in [1.82, 2.24) is 15.5 Å². The van der Waals surface area contributed by atoms with Gasteiger partial charge in [0.25, 0.3) is 0 Å². The Morgan fingerprint density at radius 2 is 2.00 bits per heavy atom. The molecule has 1 aliphatic heterocycles. The van der Waals surface area contributed by atoms with Gasteiger partial charge in [0.05, 0.1) is 6.61 Å². The number of urea groups is 1. The number of carbonyl (C=O) groups is 2. The normalized spacial score (nSPS) is 16.1. The number of amides is 2. The van der Waals surface area contributed by atoms with Crippen LogP contribution in [0.5, 0.6) is 0 Å². The molecular weight excluding hydrogens is 254 g/mol. The Morgan fingerprint density at radius 3 is 2.67 bits per heavy atom. The Balaban J connectivity index is 2.00. The highest BCUT2D eigenvalue weighted by Gasteiger charge is 2.10. The van der Waals surface area contributed by atoms with E-state index in [0.717, 1.165) is 31.1 Å². The van der Waals surface area contributed by atoms with Crippen LogP contribution < -0.4 is 10.6 Å². The van der Waals surface area contributed by atoms with Gasteiger partial charge in [-0.3, -0.25) is 9.69 Å². The molecule has 1 saturated heterocycles. The minimum atomic E-state index is -0.416. The first-order chi connectivity index (χ1) is 8.72. The van der Waals surface area contributed by atoms with E-state index in [0.29, 0.717) is 13.2 Å². The number of hydrogen-bond donors (Lipinski definition) is 2. The summed E-state index contributed by atoms with van der Waals surface area (Å²) in [5.41, 5.74) is 0. The quantitative estimate of drug-likeness (QED) is 0.662. The summed E-state index contributed by atoms with van der Waals surface area (Å²) in [6.45, 7) is 5.59. The van der Waals surface area contributed by atoms with Gasteiger partial charge in [0.2, 0.25) is 0 Å². The van der Waals surface area contributed by atoms with Gasteiger partial charge in [-0.1, -0.05) is 0 Å². The molecule has 0 atom stereocenters. The Labute approximate surface area is 112 Å². The second kappa shape index (κ2) is 9.04. The number of ether oxygens (including phenoxy) is 1. The summed E-state index contributed by atoms with van der Waals surface area (Å²) >= 11 is 1.96. The van der Waals surface area contributed by atoms with Crippen LogP contribution in [0.1, 0.15) is 6.92 Å². The van der Waals surface area contributed by atoms with Crippen LogP contribution in [-0.2, 0) is 9.53 Å². The van der Waals surface area contributed by atoms with Gasteiger partial charge < -0.3 is 15.4 Å². The summed E-state index contributed by atoms with van der Waals surface area (Å²) in [6.07, 6.45) is 0. The standard InChI is InChI=1S/C11H21N3O3S/c1-2-17-10(15)9-13-11(16)12-3-4-14-5-7-18-8-6-14/h2-9H2,1H3,(H2,12,13,16). The third kappa shape index (κ3) is 6.70. The highest BCUT2D eigenvalue weighted by molar-refractivity contribution is 7.99. The molecule has 0 bridgehead atoms. The van der Waals surface area contributed by atoms with Crippen molar-refractivity contribution in [3.63, 3.8) is 0 Å². The topological polar surface area (TPSA) is 70.7 Å². The molecule has 2 N–H and O–H groups in total. The first-order valence-electron chi connectivity index (χ1n) is 6.19. The van der Waals surface area contributed by atoms with Crippen molar-refractivity contribution in [2.45, 2.75) is 6.92 Å². The molecule has 0 aliphatic carbocycles. The van der Waals surface area contributed by atoms with Crippen LogP contribution in [0.2, 0.25) is 0 Å². The highest BCUT2D eigenvalue weighted by atomic mass is 32.2. The monoisotopic (exact) mass is 275 g/mol. The summed E-state index contributed by atoms with van der Waals surface area (Å²) in [5, 5.41) is 5.18. The van der Waals surface area contributed by atoms with Crippen molar-refractivity contribution in [3.8, 4) is 0 Å². The zero-order valence-electron chi connectivity index (χ0n) is 10.7. The molecule has 0 unspecified atom stereocenters. The van der Waals surface area contributed by atoms with Crippen LogP contribution in [0.25, 0.3) is 0 Å². The van der Waals surface area contributed by atoms with Crippen molar-refractivity contribution in [2.24, 2.45) is 0 Å². The fraction of sp³-hybridized carbons (Fsp3) is 0.818.